The molecular weight excluding hydrogens is 257 g/mol. The molecule has 1 aromatic rings. The summed E-state index contributed by atoms with van der Waals surface area (Å²) >= 11 is 0. The van der Waals surface area contributed by atoms with Gasteiger partial charge in [-0.25, -0.2) is 4.39 Å². The van der Waals surface area contributed by atoms with E-state index in [1.165, 1.54) is 6.07 Å². The molecule has 4 heteroatoms. The third kappa shape index (κ3) is 4.93. The number of aryl methyl sites for hydroxylation is 1. The highest BCUT2D eigenvalue weighted by Crippen LogP contribution is 2.17. The number of rotatable bonds is 4. The van der Waals surface area contributed by atoms with E-state index in [4.69, 9.17) is 4.74 Å². The van der Waals surface area contributed by atoms with E-state index in [9.17, 15) is 9.18 Å². The number of benzene rings is 1. The van der Waals surface area contributed by atoms with E-state index in [-0.39, 0.29) is 17.8 Å². The molecule has 2 unspecified atom stereocenters. The second-order valence-electron chi connectivity index (χ2n) is 6.15. The maximum absolute atomic E-state index is 13.5. The standard InChI is InChI=1S/C16H24FNO2/c1-10-7-8-13(9-14(10)17)11(2)18-12(3)15(19)20-16(4,5)6/h7-9,11-12,18H,1-6H3. The van der Waals surface area contributed by atoms with Crippen LogP contribution >= 0.6 is 0 Å². The SMILES string of the molecule is Cc1ccc(C(C)NC(C)C(=O)OC(C)(C)C)cc1F. The van der Waals surface area contributed by atoms with Crippen molar-refractivity contribution in [2.24, 2.45) is 0 Å². The topological polar surface area (TPSA) is 38.3 Å². The average Bonchev–Trinajstić information content (AvgIpc) is 2.30. The van der Waals surface area contributed by atoms with Gasteiger partial charge >= 0.3 is 5.97 Å². The Morgan fingerprint density at radius 3 is 2.40 bits per heavy atom. The van der Waals surface area contributed by atoms with Gasteiger partial charge in [0.15, 0.2) is 0 Å². The Labute approximate surface area is 120 Å². The lowest BCUT2D eigenvalue weighted by atomic mass is 10.1. The number of carbonyl (C=O) groups is 1. The molecule has 1 aromatic carbocycles. The largest absolute Gasteiger partial charge is 0.459 e. The fourth-order valence-corrected chi connectivity index (χ4v) is 1.81. The van der Waals surface area contributed by atoms with Gasteiger partial charge in [0.25, 0.3) is 0 Å². The normalized spacial score (nSPS) is 14.8. The number of nitrogens with one attached hydrogen (secondary N) is 1. The fraction of sp³-hybridized carbons (Fsp3) is 0.562. The summed E-state index contributed by atoms with van der Waals surface area (Å²) in [6.07, 6.45) is 0. The van der Waals surface area contributed by atoms with Gasteiger partial charge in [-0.2, -0.15) is 0 Å². The molecule has 0 saturated heterocycles. The van der Waals surface area contributed by atoms with Gasteiger partial charge in [-0.3, -0.25) is 10.1 Å². The molecule has 20 heavy (non-hydrogen) atoms. The highest BCUT2D eigenvalue weighted by molar-refractivity contribution is 5.75. The zero-order chi connectivity index (χ0) is 15.5. The van der Waals surface area contributed by atoms with Crippen LogP contribution < -0.4 is 5.32 Å². The molecule has 0 radical (unpaired) electrons. The van der Waals surface area contributed by atoms with Crippen LogP contribution in [-0.2, 0) is 9.53 Å². The van der Waals surface area contributed by atoms with Crippen molar-refractivity contribution in [3.8, 4) is 0 Å². The highest BCUT2D eigenvalue weighted by Gasteiger charge is 2.23. The molecule has 0 aliphatic carbocycles. The van der Waals surface area contributed by atoms with Crippen molar-refractivity contribution in [3.05, 3.63) is 35.1 Å². The zero-order valence-corrected chi connectivity index (χ0v) is 13.1. The van der Waals surface area contributed by atoms with Crippen LogP contribution in [0.5, 0.6) is 0 Å². The van der Waals surface area contributed by atoms with Crippen LogP contribution in [0.25, 0.3) is 0 Å². The quantitative estimate of drug-likeness (QED) is 0.858. The molecule has 0 saturated carbocycles. The van der Waals surface area contributed by atoms with Crippen molar-refractivity contribution in [2.75, 3.05) is 0 Å². The number of carbonyl (C=O) groups excluding carboxylic acids is 1. The van der Waals surface area contributed by atoms with E-state index in [0.29, 0.717) is 5.56 Å². The van der Waals surface area contributed by atoms with Crippen LogP contribution in [0.2, 0.25) is 0 Å². The van der Waals surface area contributed by atoms with Gasteiger partial charge in [-0.1, -0.05) is 12.1 Å². The summed E-state index contributed by atoms with van der Waals surface area (Å²) in [5.74, 6) is -0.544. The summed E-state index contributed by atoms with van der Waals surface area (Å²) in [4.78, 5) is 11.9. The van der Waals surface area contributed by atoms with E-state index < -0.39 is 11.6 Å². The Balaban J connectivity index is 2.67. The fourth-order valence-electron chi connectivity index (χ4n) is 1.81. The van der Waals surface area contributed by atoms with E-state index in [1.807, 2.05) is 33.8 Å². The minimum absolute atomic E-state index is 0.132. The van der Waals surface area contributed by atoms with Crippen molar-refractivity contribution in [1.82, 2.24) is 5.32 Å². The summed E-state index contributed by atoms with van der Waals surface area (Å²) in [7, 11) is 0. The van der Waals surface area contributed by atoms with Crippen molar-refractivity contribution in [3.63, 3.8) is 0 Å². The predicted octanol–water partition coefficient (Wildman–Crippen LogP) is 3.51. The number of halogens is 1. The first-order valence-corrected chi connectivity index (χ1v) is 6.85. The monoisotopic (exact) mass is 281 g/mol. The van der Waals surface area contributed by atoms with Gasteiger partial charge in [0, 0.05) is 6.04 Å². The second-order valence-corrected chi connectivity index (χ2v) is 6.15. The zero-order valence-electron chi connectivity index (χ0n) is 13.1. The van der Waals surface area contributed by atoms with Gasteiger partial charge in [0.2, 0.25) is 0 Å². The van der Waals surface area contributed by atoms with E-state index in [1.54, 1.807) is 19.9 Å². The summed E-state index contributed by atoms with van der Waals surface area (Å²) in [5, 5.41) is 3.12. The lowest BCUT2D eigenvalue weighted by molar-refractivity contribution is -0.157. The van der Waals surface area contributed by atoms with Crippen LogP contribution in [0.4, 0.5) is 4.39 Å². The van der Waals surface area contributed by atoms with Crippen LogP contribution in [0.1, 0.15) is 51.8 Å². The maximum Gasteiger partial charge on any atom is 0.323 e. The Hall–Kier alpha value is -1.42. The first-order valence-electron chi connectivity index (χ1n) is 6.85. The van der Waals surface area contributed by atoms with Crippen molar-refractivity contribution < 1.29 is 13.9 Å². The molecular formula is C16H24FNO2. The van der Waals surface area contributed by atoms with Gasteiger partial charge < -0.3 is 4.74 Å². The number of esters is 1. The van der Waals surface area contributed by atoms with Crippen LogP contribution in [0.15, 0.2) is 18.2 Å². The first-order chi connectivity index (χ1) is 9.10. The van der Waals surface area contributed by atoms with E-state index in [2.05, 4.69) is 5.32 Å². The summed E-state index contributed by atoms with van der Waals surface area (Å²) in [6.45, 7) is 10.9. The highest BCUT2D eigenvalue weighted by atomic mass is 19.1. The maximum atomic E-state index is 13.5. The van der Waals surface area contributed by atoms with Crippen LogP contribution in [-0.4, -0.2) is 17.6 Å². The Morgan fingerprint density at radius 1 is 1.30 bits per heavy atom. The van der Waals surface area contributed by atoms with Gasteiger partial charge in [-0.15, -0.1) is 0 Å². The lowest BCUT2D eigenvalue weighted by Crippen LogP contribution is -2.40. The van der Waals surface area contributed by atoms with Crippen molar-refractivity contribution in [2.45, 2.75) is 59.2 Å². The smallest absolute Gasteiger partial charge is 0.323 e. The summed E-state index contributed by atoms with van der Waals surface area (Å²) in [6, 6.07) is 4.51. The summed E-state index contributed by atoms with van der Waals surface area (Å²) in [5.41, 5.74) is 0.913. The molecule has 0 aromatic heterocycles. The second kappa shape index (κ2) is 6.35. The lowest BCUT2D eigenvalue weighted by Gasteiger charge is -2.25. The molecule has 0 fully saturated rings. The molecule has 0 amide bonds. The van der Waals surface area contributed by atoms with E-state index in [0.717, 1.165) is 5.56 Å². The van der Waals surface area contributed by atoms with Gasteiger partial charge in [-0.05, 0) is 58.7 Å². The molecule has 3 nitrogen and oxygen atoms in total. The molecule has 0 heterocycles. The molecule has 0 spiro atoms. The van der Waals surface area contributed by atoms with Crippen molar-refractivity contribution in [1.29, 1.82) is 0 Å². The van der Waals surface area contributed by atoms with Gasteiger partial charge in [0.1, 0.15) is 17.5 Å². The molecule has 2 atom stereocenters. The number of ether oxygens (including phenoxy) is 1. The molecule has 0 aliphatic heterocycles. The van der Waals surface area contributed by atoms with E-state index >= 15 is 0 Å². The summed E-state index contributed by atoms with van der Waals surface area (Å²) < 4.78 is 18.8. The van der Waals surface area contributed by atoms with Crippen molar-refractivity contribution >= 4 is 5.97 Å². The predicted molar refractivity (Wildman–Crippen MR) is 78.0 cm³/mol. The number of hydrogen-bond acceptors (Lipinski definition) is 3. The minimum atomic E-state index is -0.508. The molecule has 112 valence electrons. The third-order valence-corrected chi connectivity index (χ3v) is 2.96. The Bertz CT molecular complexity index is 480. The molecule has 0 bridgehead atoms. The average molecular weight is 281 g/mol. The van der Waals surface area contributed by atoms with Crippen LogP contribution in [0, 0.1) is 12.7 Å². The molecule has 1 rings (SSSR count). The minimum Gasteiger partial charge on any atom is -0.459 e. The first kappa shape index (κ1) is 16.6. The number of hydrogen-bond donors (Lipinski definition) is 1. The third-order valence-electron chi connectivity index (χ3n) is 2.96. The molecule has 1 N–H and O–H groups in total. The van der Waals surface area contributed by atoms with Crippen LogP contribution in [0.3, 0.4) is 0 Å². The Morgan fingerprint density at radius 2 is 1.90 bits per heavy atom. The van der Waals surface area contributed by atoms with Gasteiger partial charge in [0.05, 0.1) is 0 Å². The Kier molecular flexibility index (Phi) is 5.28. The molecule has 0 aliphatic rings.